The van der Waals surface area contributed by atoms with Gasteiger partial charge in [-0.25, -0.2) is 9.67 Å². The maximum absolute atomic E-state index is 12.5. The quantitative estimate of drug-likeness (QED) is 0.863. The summed E-state index contributed by atoms with van der Waals surface area (Å²) in [4.78, 5) is 16.8. The molecule has 6 nitrogen and oxygen atoms in total. The van der Waals surface area contributed by atoms with Crippen molar-refractivity contribution in [3.05, 3.63) is 41.9 Å². The molecule has 3 heterocycles. The number of pyridine rings is 1. The van der Waals surface area contributed by atoms with E-state index in [1.165, 1.54) is 0 Å². The average molecular weight is 372 g/mol. The summed E-state index contributed by atoms with van der Waals surface area (Å²) >= 11 is 0. The van der Waals surface area contributed by atoms with Crippen LogP contribution in [-0.4, -0.2) is 39.8 Å². The molecular weight excluding hydrogens is 349 g/mol. The van der Waals surface area contributed by atoms with Crippen molar-refractivity contribution >= 4 is 30.7 Å². The first-order chi connectivity index (χ1) is 10.8. The van der Waals surface area contributed by atoms with E-state index in [1.54, 1.807) is 17.1 Å². The summed E-state index contributed by atoms with van der Waals surface area (Å²) < 4.78 is 1.75. The number of nitrogens with zero attached hydrogens (tertiary/aromatic N) is 3. The Hall–Kier alpha value is -1.63. The second-order valence-electron chi connectivity index (χ2n) is 5.46. The zero-order valence-corrected chi connectivity index (χ0v) is 15.2. The van der Waals surface area contributed by atoms with Crippen LogP contribution >= 0.6 is 24.8 Å². The first-order valence-electron chi connectivity index (χ1n) is 7.79. The third kappa shape index (κ3) is 4.47. The Morgan fingerprint density at radius 2 is 2.08 bits per heavy atom. The van der Waals surface area contributed by atoms with Crippen molar-refractivity contribution in [3.63, 3.8) is 0 Å². The average Bonchev–Trinajstić information content (AvgIpc) is 3.00. The first-order valence-corrected chi connectivity index (χ1v) is 7.79. The van der Waals surface area contributed by atoms with Gasteiger partial charge in [0.15, 0.2) is 5.82 Å². The van der Waals surface area contributed by atoms with Crippen LogP contribution in [0, 0.1) is 0 Å². The number of rotatable bonds is 4. The topological polar surface area (TPSA) is 71.8 Å². The third-order valence-electron chi connectivity index (χ3n) is 3.99. The highest BCUT2D eigenvalue weighted by Gasteiger charge is 2.21. The zero-order chi connectivity index (χ0) is 15.4. The number of piperidine rings is 1. The SMILES string of the molecule is CCc1c(C(=O)NC2CCNCC2)cnn1-c1ccccn1.Cl.Cl. The lowest BCUT2D eigenvalue weighted by atomic mass is 10.1. The van der Waals surface area contributed by atoms with E-state index >= 15 is 0 Å². The maximum Gasteiger partial charge on any atom is 0.254 e. The molecule has 0 aromatic carbocycles. The van der Waals surface area contributed by atoms with Gasteiger partial charge in [0.2, 0.25) is 0 Å². The van der Waals surface area contributed by atoms with E-state index in [-0.39, 0.29) is 36.8 Å². The highest BCUT2D eigenvalue weighted by Crippen LogP contribution is 2.15. The van der Waals surface area contributed by atoms with Crippen molar-refractivity contribution in [1.29, 1.82) is 0 Å². The minimum atomic E-state index is -0.0362. The van der Waals surface area contributed by atoms with E-state index in [1.807, 2.05) is 25.1 Å². The van der Waals surface area contributed by atoms with Gasteiger partial charge in [-0.05, 0) is 44.5 Å². The predicted molar refractivity (Wildman–Crippen MR) is 98.6 cm³/mol. The summed E-state index contributed by atoms with van der Waals surface area (Å²) in [6, 6.07) is 5.92. The second-order valence-corrected chi connectivity index (χ2v) is 5.46. The number of nitrogens with one attached hydrogen (secondary N) is 2. The zero-order valence-electron chi connectivity index (χ0n) is 13.6. The Bertz CT molecular complexity index is 641. The summed E-state index contributed by atoms with van der Waals surface area (Å²) in [5, 5.41) is 10.8. The number of halogens is 2. The Morgan fingerprint density at radius 3 is 2.71 bits per heavy atom. The van der Waals surface area contributed by atoms with Crippen molar-refractivity contribution in [1.82, 2.24) is 25.4 Å². The number of hydrogen-bond donors (Lipinski definition) is 2. The van der Waals surface area contributed by atoms with Crippen LogP contribution in [0.1, 0.15) is 35.8 Å². The van der Waals surface area contributed by atoms with Gasteiger partial charge in [-0.15, -0.1) is 24.8 Å². The Labute approximate surface area is 154 Å². The molecule has 2 aromatic rings. The van der Waals surface area contributed by atoms with Crippen LogP contribution in [0.5, 0.6) is 0 Å². The van der Waals surface area contributed by atoms with E-state index < -0.39 is 0 Å². The standard InChI is InChI=1S/C16H21N5O.2ClH/c1-2-14-13(16(22)20-12-6-9-17-10-7-12)11-19-21(14)15-5-3-4-8-18-15;;/h3-5,8,11-12,17H,2,6-7,9-10H2,1H3,(H,20,22);2*1H. The van der Waals surface area contributed by atoms with Crippen molar-refractivity contribution in [3.8, 4) is 5.82 Å². The van der Waals surface area contributed by atoms with Gasteiger partial charge in [-0.2, -0.15) is 5.10 Å². The molecule has 0 unspecified atom stereocenters. The monoisotopic (exact) mass is 371 g/mol. The molecule has 0 saturated carbocycles. The molecule has 1 saturated heterocycles. The van der Waals surface area contributed by atoms with Crippen LogP contribution in [-0.2, 0) is 6.42 Å². The number of carbonyl (C=O) groups is 1. The molecule has 0 atom stereocenters. The molecule has 2 N–H and O–H groups in total. The number of hydrogen-bond acceptors (Lipinski definition) is 4. The van der Waals surface area contributed by atoms with Crippen LogP contribution in [0.15, 0.2) is 30.6 Å². The van der Waals surface area contributed by atoms with Gasteiger partial charge in [-0.3, -0.25) is 4.79 Å². The molecular formula is C16H23Cl2N5O. The van der Waals surface area contributed by atoms with Crippen LogP contribution < -0.4 is 10.6 Å². The maximum atomic E-state index is 12.5. The summed E-state index contributed by atoms with van der Waals surface area (Å²) in [5.74, 6) is 0.700. The Kier molecular flexibility index (Phi) is 8.18. The van der Waals surface area contributed by atoms with Gasteiger partial charge in [0.25, 0.3) is 5.91 Å². The minimum Gasteiger partial charge on any atom is -0.349 e. The molecule has 8 heteroatoms. The fourth-order valence-electron chi connectivity index (χ4n) is 2.81. The fourth-order valence-corrected chi connectivity index (χ4v) is 2.81. The summed E-state index contributed by atoms with van der Waals surface area (Å²) in [6.45, 7) is 3.94. The van der Waals surface area contributed by atoms with Gasteiger partial charge in [-0.1, -0.05) is 13.0 Å². The van der Waals surface area contributed by atoms with Crippen molar-refractivity contribution in [2.45, 2.75) is 32.2 Å². The van der Waals surface area contributed by atoms with Gasteiger partial charge in [0.1, 0.15) is 0 Å². The van der Waals surface area contributed by atoms with E-state index in [0.717, 1.165) is 43.9 Å². The normalized spacial score (nSPS) is 14.4. The van der Waals surface area contributed by atoms with E-state index in [2.05, 4.69) is 20.7 Å². The minimum absolute atomic E-state index is 0. The van der Waals surface area contributed by atoms with Crippen molar-refractivity contribution in [2.24, 2.45) is 0 Å². The number of carbonyl (C=O) groups excluding carboxylic acids is 1. The molecule has 24 heavy (non-hydrogen) atoms. The summed E-state index contributed by atoms with van der Waals surface area (Å²) in [5.41, 5.74) is 1.54. The first kappa shape index (κ1) is 20.4. The molecule has 3 rings (SSSR count). The van der Waals surface area contributed by atoms with E-state index in [9.17, 15) is 4.79 Å². The lowest BCUT2D eigenvalue weighted by Crippen LogP contribution is -2.42. The van der Waals surface area contributed by atoms with Crippen LogP contribution in [0.3, 0.4) is 0 Å². The summed E-state index contributed by atoms with van der Waals surface area (Å²) in [6.07, 6.45) is 6.05. The Morgan fingerprint density at radius 1 is 1.33 bits per heavy atom. The van der Waals surface area contributed by atoms with E-state index in [0.29, 0.717) is 5.56 Å². The van der Waals surface area contributed by atoms with Crippen LogP contribution in [0.25, 0.3) is 5.82 Å². The van der Waals surface area contributed by atoms with Crippen LogP contribution in [0.2, 0.25) is 0 Å². The molecule has 1 aliphatic heterocycles. The molecule has 1 amide bonds. The highest BCUT2D eigenvalue weighted by molar-refractivity contribution is 5.95. The molecule has 0 bridgehead atoms. The highest BCUT2D eigenvalue weighted by atomic mass is 35.5. The molecule has 1 aliphatic rings. The molecule has 2 aromatic heterocycles. The second kappa shape index (κ2) is 9.61. The predicted octanol–water partition coefficient (Wildman–Crippen LogP) is 2.16. The number of aromatic nitrogens is 3. The van der Waals surface area contributed by atoms with Crippen molar-refractivity contribution in [2.75, 3.05) is 13.1 Å². The largest absolute Gasteiger partial charge is 0.349 e. The smallest absolute Gasteiger partial charge is 0.254 e. The van der Waals surface area contributed by atoms with Gasteiger partial charge in [0.05, 0.1) is 17.5 Å². The number of amides is 1. The molecule has 132 valence electrons. The molecule has 0 aliphatic carbocycles. The van der Waals surface area contributed by atoms with Crippen molar-refractivity contribution < 1.29 is 4.79 Å². The molecule has 0 radical (unpaired) electrons. The van der Waals surface area contributed by atoms with Crippen LogP contribution in [0.4, 0.5) is 0 Å². The third-order valence-corrected chi connectivity index (χ3v) is 3.99. The lowest BCUT2D eigenvalue weighted by Gasteiger charge is -2.23. The Balaban J connectivity index is 0.00000144. The fraction of sp³-hybridized carbons (Fsp3) is 0.438. The molecule has 0 spiro atoms. The van der Waals surface area contributed by atoms with Gasteiger partial charge >= 0.3 is 0 Å². The van der Waals surface area contributed by atoms with Gasteiger partial charge < -0.3 is 10.6 Å². The molecule has 1 fully saturated rings. The lowest BCUT2D eigenvalue weighted by molar-refractivity contribution is 0.0928. The van der Waals surface area contributed by atoms with Gasteiger partial charge in [0, 0.05) is 12.2 Å². The summed E-state index contributed by atoms with van der Waals surface area (Å²) in [7, 11) is 0. The van der Waals surface area contributed by atoms with E-state index in [4.69, 9.17) is 0 Å².